The molecule has 0 saturated carbocycles. The van der Waals surface area contributed by atoms with E-state index in [2.05, 4.69) is 20.6 Å². The van der Waals surface area contributed by atoms with E-state index in [1.54, 1.807) is 24.6 Å². The maximum atomic E-state index is 13.1. The van der Waals surface area contributed by atoms with Gasteiger partial charge < -0.3 is 14.0 Å². The second-order valence-corrected chi connectivity index (χ2v) is 6.94. The minimum Gasteiger partial charge on any atom is -0.483 e. The van der Waals surface area contributed by atoms with Gasteiger partial charge in [-0.05, 0) is 54.1 Å². The van der Waals surface area contributed by atoms with Crippen LogP contribution in [-0.4, -0.2) is 37.8 Å². The molecule has 2 heterocycles. The summed E-state index contributed by atoms with van der Waals surface area (Å²) in [4.78, 5) is 25.6. The molecule has 0 fully saturated rings. The first kappa shape index (κ1) is 21.0. The molecule has 2 aromatic carbocycles. The van der Waals surface area contributed by atoms with Crippen molar-refractivity contribution in [3.63, 3.8) is 0 Å². The smallest absolute Gasteiger partial charge is 0.344 e. The number of hydrogen-bond donors (Lipinski definition) is 1. The summed E-state index contributed by atoms with van der Waals surface area (Å²) in [6.45, 7) is 3.74. The lowest BCUT2D eigenvalue weighted by molar-refractivity contribution is 0.0522. The van der Waals surface area contributed by atoms with Gasteiger partial charge in [-0.15, -0.1) is 5.10 Å². The number of rotatable bonds is 7. The number of nitrogens with zero attached hydrogens (tertiary/aromatic N) is 4. The van der Waals surface area contributed by atoms with Gasteiger partial charge in [0.05, 0.1) is 12.8 Å². The van der Waals surface area contributed by atoms with Crippen LogP contribution in [0.5, 0.6) is 5.75 Å². The van der Waals surface area contributed by atoms with E-state index >= 15 is 0 Å². The van der Waals surface area contributed by atoms with Crippen LogP contribution in [0.3, 0.4) is 0 Å². The van der Waals surface area contributed by atoms with Crippen molar-refractivity contribution >= 4 is 5.97 Å². The van der Waals surface area contributed by atoms with Crippen molar-refractivity contribution in [1.29, 1.82) is 0 Å². The summed E-state index contributed by atoms with van der Waals surface area (Å²) in [5.74, 6) is -0.0865. The van der Waals surface area contributed by atoms with Gasteiger partial charge in [-0.3, -0.25) is 4.79 Å². The van der Waals surface area contributed by atoms with Gasteiger partial charge in [-0.1, -0.05) is 30.3 Å². The maximum absolute atomic E-state index is 13.1. The minimum absolute atomic E-state index is 0.0547. The van der Waals surface area contributed by atoms with Crippen molar-refractivity contribution in [1.82, 2.24) is 25.2 Å². The van der Waals surface area contributed by atoms with Crippen molar-refractivity contribution in [2.75, 3.05) is 6.61 Å². The third-order valence-electron chi connectivity index (χ3n) is 4.90. The molecule has 0 saturated heterocycles. The van der Waals surface area contributed by atoms with Crippen LogP contribution in [-0.2, 0) is 11.3 Å². The molecule has 9 nitrogen and oxygen atoms in total. The van der Waals surface area contributed by atoms with Crippen LogP contribution in [0.4, 0.5) is 0 Å². The Morgan fingerprint density at radius 3 is 2.50 bits per heavy atom. The van der Waals surface area contributed by atoms with Crippen molar-refractivity contribution in [2.45, 2.75) is 20.5 Å². The first-order valence-corrected chi connectivity index (χ1v) is 10.0. The third-order valence-corrected chi connectivity index (χ3v) is 4.90. The molecular formula is C23H21N5O4. The summed E-state index contributed by atoms with van der Waals surface area (Å²) < 4.78 is 12.7. The largest absolute Gasteiger partial charge is 0.483 e. The molecule has 162 valence electrons. The van der Waals surface area contributed by atoms with Crippen LogP contribution in [0, 0.1) is 6.92 Å². The Morgan fingerprint density at radius 1 is 1.09 bits per heavy atom. The van der Waals surface area contributed by atoms with Crippen molar-refractivity contribution in [3.05, 3.63) is 87.8 Å². The van der Waals surface area contributed by atoms with Gasteiger partial charge in [0.15, 0.2) is 11.6 Å². The monoisotopic (exact) mass is 431 g/mol. The highest BCUT2D eigenvalue weighted by Crippen LogP contribution is 2.21. The number of aromatic nitrogens is 5. The molecular weight excluding hydrogens is 410 g/mol. The van der Waals surface area contributed by atoms with E-state index in [4.69, 9.17) is 9.47 Å². The Hall–Kier alpha value is -4.27. The number of pyridine rings is 1. The van der Waals surface area contributed by atoms with E-state index in [0.29, 0.717) is 11.5 Å². The SMILES string of the molecule is CCOC(=O)c1c(C)n(-c2ccc(-c3nnn[nH]3)cc2)cc(OCc2ccccc2)c1=O. The second kappa shape index (κ2) is 9.25. The zero-order valence-electron chi connectivity index (χ0n) is 17.6. The highest BCUT2D eigenvalue weighted by Gasteiger charge is 2.22. The van der Waals surface area contributed by atoms with Gasteiger partial charge in [-0.2, -0.15) is 0 Å². The Morgan fingerprint density at radius 2 is 1.84 bits per heavy atom. The van der Waals surface area contributed by atoms with Gasteiger partial charge in [0.25, 0.3) is 0 Å². The average Bonchev–Trinajstić information content (AvgIpc) is 3.35. The summed E-state index contributed by atoms with van der Waals surface area (Å²) in [5.41, 5.74) is 2.33. The van der Waals surface area contributed by atoms with Gasteiger partial charge in [0, 0.05) is 16.9 Å². The fourth-order valence-corrected chi connectivity index (χ4v) is 3.29. The fourth-order valence-electron chi connectivity index (χ4n) is 3.29. The zero-order chi connectivity index (χ0) is 22.5. The molecule has 1 N–H and O–H groups in total. The molecule has 0 amide bonds. The number of carbonyl (C=O) groups is 1. The predicted octanol–water partition coefficient (Wildman–Crippen LogP) is 3.08. The average molecular weight is 431 g/mol. The lowest BCUT2D eigenvalue weighted by Gasteiger charge is -2.17. The van der Waals surface area contributed by atoms with Crippen LogP contribution < -0.4 is 10.2 Å². The number of carbonyl (C=O) groups excluding carboxylic acids is 1. The van der Waals surface area contributed by atoms with Crippen molar-refractivity contribution in [3.8, 4) is 22.8 Å². The molecule has 32 heavy (non-hydrogen) atoms. The first-order valence-electron chi connectivity index (χ1n) is 10.0. The molecule has 0 aliphatic heterocycles. The van der Waals surface area contributed by atoms with E-state index < -0.39 is 11.4 Å². The number of benzene rings is 2. The zero-order valence-corrected chi connectivity index (χ0v) is 17.6. The molecule has 0 unspecified atom stereocenters. The molecule has 0 aliphatic rings. The summed E-state index contributed by atoms with van der Waals surface area (Å²) in [6, 6.07) is 16.8. The quantitative estimate of drug-likeness (QED) is 0.448. The molecule has 4 aromatic rings. The van der Waals surface area contributed by atoms with Gasteiger partial charge >= 0.3 is 5.97 Å². The summed E-state index contributed by atoms with van der Waals surface area (Å²) in [7, 11) is 0. The Labute approximate surface area is 183 Å². The predicted molar refractivity (Wildman–Crippen MR) is 117 cm³/mol. The standard InChI is InChI=1S/C23H21N5O4/c1-3-31-23(30)20-15(2)28(18-11-9-17(10-12-18)22-24-26-27-25-22)13-19(21(20)29)32-14-16-7-5-4-6-8-16/h4-13H,3,14H2,1-2H3,(H,24,25,26,27). The van der Waals surface area contributed by atoms with Gasteiger partial charge in [0.2, 0.25) is 5.43 Å². The lowest BCUT2D eigenvalue weighted by Crippen LogP contribution is -2.24. The second-order valence-electron chi connectivity index (χ2n) is 6.94. The van der Waals surface area contributed by atoms with E-state index in [-0.39, 0.29) is 24.5 Å². The van der Waals surface area contributed by atoms with E-state index in [0.717, 1.165) is 16.8 Å². The van der Waals surface area contributed by atoms with Crippen LogP contribution in [0.2, 0.25) is 0 Å². The number of nitrogens with one attached hydrogen (secondary N) is 1. The van der Waals surface area contributed by atoms with Crippen LogP contribution in [0.25, 0.3) is 17.1 Å². The number of esters is 1. The van der Waals surface area contributed by atoms with E-state index in [1.807, 2.05) is 54.6 Å². The number of aromatic amines is 1. The van der Waals surface area contributed by atoms with Crippen LogP contribution in [0.15, 0.2) is 65.6 Å². The number of ether oxygens (including phenoxy) is 2. The summed E-state index contributed by atoms with van der Waals surface area (Å²) >= 11 is 0. The molecule has 2 aromatic heterocycles. The number of tetrazole rings is 1. The number of hydrogen-bond acceptors (Lipinski definition) is 7. The number of H-pyrrole nitrogens is 1. The topological polar surface area (TPSA) is 112 Å². The summed E-state index contributed by atoms with van der Waals surface area (Å²) in [5, 5.41) is 13.8. The van der Waals surface area contributed by atoms with Gasteiger partial charge in [0.1, 0.15) is 12.2 Å². The highest BCUT2D eigenvalue weighted by molar-refractivity contribution is 5.91. The molecule has 0 radical (unpaired) electrons. The molecule has 4 rings (SSSR count). The Bertz CT molecular complexity index is 1270. The molecule has 0 spiro atoms. The highest BCUT2D eigenvalue weighted by atomic mass is 16.5. The van der Waals surface area contributed by atoms with Crippen molar-refractivity contribution < 1.29 is 14.3 Å². The van der Waals surface area contributed by atoms with E-state index in [1.165, 1.54) is 0 Å². The van der Waals surface area contributed by atoms with Gasteiger partial charge in [-0.25, -0.2) is 9.89 Å². The Balaban J connectivity index is 1.76. The minimum atomic E-state index is -0.682. The van der Waals surface area contributed by atoms with Crippen LogP contribution >= 0.6 is 0 Å². The Kier molecular flexibility index (Phi) is 6.07. The van der Waals surface area contributed by atoms with Crippen LogP contribution in [0.1, 0.15) is 28.5 Å². The maximum Gasteiger partial charge on any atom is 0.344 e. The lowest BCUT2D eigenvalue weighted by atomic mass is 10.1. The molecule has 0 bridgehead atoms. The fraction of sp³-hybridized carbons (Fsp3) is 0.174. The summed E-state index contributed by atoms with van der Waals surface area (Å²) in [6.07, 6.45) is 1.59. The molecule has 0 atom stereocenters. The van der Waals surface area contributed by atoms with E-state index in [9.17, 15) is 9.59 Å². The van der Waals surface area contributed by atoms with Crippen molar-refractivity contribution in [2.24, 2.45) is 0 Å². The normalized spacial score (nSPS) is 10.7. The molecule has 0 aliphatic carbocycles. The third kappa shape index (κ3) is 4.27. The first-order chi connectivity index (χ1) is 15.6. The molecule has 9 heteroatoms.